The van der Waals surface area contributed by atoms with Crippen LogP contribution < -0.4 is 10.2 Å². The summed E-state index contributed by atoms with van der Waals surface area (Å²) in [6, 6.07) is 10.6. The first-order valence-electron chi connectivity index (χ1n) is 3.74. The molecule has 0 fully saturated rings. The number of hydrogen-bond donors (Lipinski definition) is 1. The maximum atomic E-state index is 5.54. The summed E-state index contributed by atoms with van der Waals surface area (Å²) in [5, 5.41) is 0. The van der Waals surface area contributed by atoms with E-state index in [1.165, 1.54) is 4.46 Å². The van der Waals surface area contributed by atoms with E-state index in [1.54, 1.807) is 0 Å². The van der Waals surface area contributed by atoms with Gasteiger partial charge >= 0.3 is 73.8 Å². The van der Waals surface area contributed by atoms with Crippen molar-refractivity contribution in [3.63, 3.8) is 0 Å². The molecule has 0 saturated heterocycles. The molecule has 2 N–H and O–H groups in total. The second kappa shape index (κ2) is 4.55. The maximum absolute atomic E-state index is 5.54. The molecule has 0 spiro atoms. The Labute approximate surface area is 74.1 Å². The van der Waals surface area contributed by atoms with Crippen molar-refractivity contribution in [1.29, 1.82) is 0 Å². The van der Waals surface area contributed by atoms with E-state index in [1.807, 2.05) is 6.07 Å². The first kappa shape index (κ1) is 8.79. The molecule has 0 aromatic heterocycles. The summed E-state index contributed by atoms with van der Waals surface area (Å²) in [5.41, 5.74) is 5.54. The molecule has 1 aromatic carbocycles. The molecule has 1 unspecified atom stereocenters. The summed E-state index contributed by atoms with van der Waals surface area (Å²) in [6.45, 7) is 3.00. The van der Waals surface area contributed by atoms with Crippen molar-refractivity contribution < 1.29 is 0 Å². The number of nitrogens with two attached hydrogens (primary N) is 1. The van der Waals surface area contributed by atoms with Crippen molar-refractivity contribution in [2.45, 2.75) is 11.7 Å². The first-order valence-corrected chi connectivity index (χ1v) is 5.59. The van der Waals surface area contributed by atoms with Crippen molar-refractivity contribution in [1.82, 2.24) is 0 Å². The SMILES string of the molecule is CC(CN)[Se]c1ccccc1. The Morgan fingerprint density at radius 3 is 2.55 bits per heavy atom. The molecule has 1 aromatic rings. The predicted molar refractivity (Wildman–Crippen MR) is 50.3 cm³/mol. The van der Waals surface area contributed by atoms with E-state index in [0.717, 1.165) is 6.54 Å². The van der Waals surface area contributed by atoms with E-state index in [4.69, 9.17) is 5.73 Å². The van der Waals surface area contributed by atoms with Crippen LogP contribution in [-0.2, 0) is 0 Å². The zero-order valence-corrected chi connectivity index (χ0v) is 8.37. The van der Waals surface area contributed by atoms with Crippen LogP contribution in [0.4, 0.5) is 0 Å². The Hall–Kier alpha value is -0.301. The summed E-state index contributed by atoms with van der Waals surface area (Å²) in [6.07, 6.45) is 0. The van der Waals surface area contributed by atoms with Gasteiger partial charge in [-0.2, -0.15) is 0 Å². The molecule has 0 heterocycles. The average Bonchev–Trinajstić information content (AvgIpc) is 2.06. The molecule has 0 radical (unpaired) electrons. The van der Waals surface area contributed by atoms with E-state index >= 15 is 0 Å². The molecule has 0 amide bonds. The van der Waals surface area contributed by atoms with Gasteiger partial charge in [0.1, 0.15) is 0 Å². The molecule has 2 heteroatoms. The summed E-state index contributed by atoms with van der Waals surface area (Å²) >= 11 is 0.552. The third-order valence-corrected chi connectivity index (χ3v) is 3.80. The molecule has 0 aliphatic rings. The first-order chi connectivity index (χ1) is 5.33. The molecule has 0 aliphatic heterocycles. The van der Waals surface area contributed by atoms with Gasteiger partial charge < -0.3 is 0 Å². The Morgan fingerprint density at radius 1 is 1.36 bits per heavy atom. The van der Waals surface area contributed by atoms with E-state index < -0.39 is 0 Å². The van der Waals surface area contributed by atoms with Crippen LogP contribution in [0.3, 0.4) is 0 Å². The van der Waals surface area contributed by atoms with Crippen LogP contribution in [-0.4, -0.2) is 21.5 Å². The molecule has 1 rings (SSSR count). The third-order valence-electron chi connectivity index (χ3n) is 1.41. The van der Waals surface area contributed by atoms with E-state index in [2.05, 4.69) is 31.2 Å². The normalized spacial score (nSPS) is 12.9. The fraction of sp³-hybridized carbons (Fsp3) is 0.333. The van der Waals surface area contributed by atoms with Crippen LogP contribution in [0.2, 0.25) is 4.82 Å². The summed E-state index contributed by atoms with van der Waals surface area (Å²) in [4.78, 5) is 0.657. The average molecular weight is 214 g/mol. The van der Waals surface area contributed by atoms with Gasteiger partial charge in [0.25, 0.3) is 0 Å². The summed E-state index contributed by atoms with van der Waals surface area (Å²) in [5.74, 6) is 0. The van der Waals surface area contributed by atoms with Crippen LogP contribution in [0.1, 0.15) is 6.92 Å². The summed E-state index contributed by atoms with van der Waals surface area (Å²) in [7, 11) is 0. The van der Waals surface area contributed by atoms with Gasteiger partial charge in [-0.05, 0) is 0 Å². The zero-order chi connectivity index (χ0) is 8.10. The zero-order valence-electron chi connectivity index (χ0n) is 6.66. The fourth-order valence-corrected chi connectivity index (χ4v) is 2.62. The van der Waals surface area contributed by atoms with Crippen molar-refractivity contribution in [3.8, 4) is 0 Å². The van der Waals surface area contributed by atoms with Crippen LogP contribution in [0.5, 0.6) is 0 Å². The molecule has 11 heavy (non-hydrogen) atoms. The molecule has 0 aliphatic carbocycles. The molecule has 0 saturated carbocycles. The molecular weight excluding hydrogens is 201 g/mol. The van der Waals surface area contributed by atoms with Gasteiger partial charge in [0.05, 0.1) is 0 Å². The van der Waals surface area contributed by atoms with Gasteiger partial charge in [-0.1, -0.05) is 0 Å². The summed E-state index contributed by atoms with van der Waals surface area (Å²) < 4.78 is 1.44. The van der Waals surface area contributed by atoms with E-state index in [0.29, 0.717) is 19.8 Å². The molecular formula is C9H13NSe. The molecule has 0 bridgehead atoms. The van der Waals surface area contributed by atoms with Crippen molar-refractivity contribution >= 4 is 19.4 Å². The van der Waals surface area contributed by atoms with Crippen LogP contribution in [0.15, 0.2) is 30.3 Å². The van der Waals surface area contributed by atoms with Gasteiger partial charge in [0.15, 0.2) is 0 Å². The molecule has 1 atom stereocenters. The minimum atomic E-state index is 0.552. The minimum absolute atomic E-state index is 0.552. The fourth-order valence-electron chi connectivity index (χ4n) is 0.779. The van der Waals surface area contributed by atoms with Gasteiger partial charge in [0, 0.05) is 0 Å². The standard InChI is InChI=1S/C9H13NSe/c1-8(7-10)11-9-5-3-2-4-6-9/h2-6,8H,7,10H2,1H3. The molecule has 1 nitrogen and oxygen atoms in total. The van der Waals surface area contributed by atoms with Crippen LogP contribution in [0, 0.1) is 0 Å². The third kappa shape index (κ3) is 3.06. The van der Waals surface area contributed by atoms with E-state index in [-0.39, 0.29) is 0 Å². The van der Waals surface area contributed by atoms with Crippen molar-refractivity contribution in [3.05, 3.63) is 30.3 Å². The van der Waals surface area contributed by atoms with Gasteiger partial charge in [-0.15, -0.1) is 0 Å². The number of hydrogen-bond acceptors (Lipinski definition) is 1. The Morgan fingerprint density at radius 2 is 2.00 bits per heavy atom. The monoisotopic (exact) mass is 215 g/mol. The quantitative estimate of drug-likeness (QED) is 0.739. The van der Waals surface area contributed by atoms with Crippen molar-refractivity contribution in [2.24, 2.45) is 5.73 Å². The second-order valence-corrected chi connectivity index (χ2v) is 5.65. The Balaban J connectivity index is 2.51. The van der Waals surface area contributed by atoms with Gasteiger partial charge in [0.2, 0.25) is 0 Å². The second-order valence-electron chi connectivity index (χ2n) is 2.48. The Bertz CT molecular complexity index is 198. The van der Waals surface area contributed by atoms with E-state index in [9.17, 15) is 0 Å². The Kier molecular flexibility index (Phi) is 3.64. The van der Waals surface area contributed by atoms with Crippen LogP contribution >= 0.6 is 0 Å². The van der Waals surface area contributed by atoms with Gasteiger partial charge in [-0.3, -0.25) is 0 Å². The number of rotatable bonds is 3. The van der Waals surface area contributed by atoms with Gasteiger partial charge in [-0.25, -0.2) is 0 Å². The topological polar surface area (TPSA) is 26.0 Å². The van der Waals surface area contributed by atoms with Crippen molar-refractivity contribution in [2.75, 3.05) is 6.54 Å². The molecule has 60 valence electrons. The predicted octanol–water partition coefficient (Wildman–Crippen LogP) is 0.783. The van der Waals surface area contributed by atoms with Crippen LogP contribution in [0.25, 0.3) is 0 Å². The number of benzene rings is 1.